The van der Waals surface area contributed by atoms with Crippen LogP contribution in [-0.4, -0.2) is 76.3 Å². The first-order chi connectivity index (χ1) is 22.0. The van der Waals surface area contributed by atoms with Crippen molar-refractivity contribution >= 4 is 29.4 Å². The summed E-state index contributed by atoms with van der Waals surface area (Å²) in [6.07, 6.45) is 10.6. The van der Waals surface area contributed by atoms with Crippen LogP contribution in [0.5, 0.6) is 0 Å². The minimum atomic E-state index is -1.50. The number of carbonyl (C=O) groups is 5. The zero-order valence-corrected chi connectivity index (χ0v) is 27.4. The van der Waals surface area contributed by atoms with Crippen molar-refractivity contribution in [1.29, 1.82) is 0 Å². The molecular formula is C36H48N2O8. The molecule has 1 amide bonds. The number of Topliss-reactive ketones (excluding diaryl/α,β-unsaturated/α-hetero) is 2. The van der Waals surface area contributed by atoms with Gasteiger partial charge in [-0.15, -0.1) is 6.58 Å². The predicted molar refractivity (Wildman–Crippen MR) is 170 cm³/mol. The molecule has 2 fully saturated rings. The minimum absolute atomic E-state index is 0.0000261. The number of nitrogens with zero attached hydrogens (tertiary/aromatic N) is 2. The minimum Gasteiger partial charge on any atom is -0.464 e. The Morgan fingerprint density at radius 2 is 1.87 bits per heavy atom. The van der Waals surface area contributed by atoms with Crippen LogP contribution in [-0.2, 0) is 44.6 Å². The highest BCUT2D eigenvalue weighted by Gasteiger charge is 2.50. The lowest BCUT2D eigenvalue weighted by Gasteiger charge is -2.36. The molecule has 3 aliphatic heterocycles. The third kappa shape index (κ3) is 8.99. The number of allylic oxidation sites excluding steroid dienone is 3. The van der Waals surface area contributed by atoms with Crippen molar-refractivity contribution < 1.29 is 38.2 Å². The molecule has 0 aromatic carbocycles. The number of ether oxygens (including phenoxy) is 3. The van der Waals surface area contributed by atoms with Crippen LogP contribution >= 0.6 is 0 Å². The first-order valence-electron chi connectivity index (χ1n) is 16.7. The predicted octanol–water partition coefficient (Wildman–Crippen LogP) is 4.88. The van der Waals surface area contributed by atoms with Crippen molar-refractivity contribution in [2.45, 2.75) is 115 Å². The summed E-state index contributed by atoms with van der Waals surface area (Å²) in [6.45, 7) is 9.64. The third-order valence-corrected chi connectivity index (χ3v) is 9.45. The van der Waals surface area contributed by atoms with Gasteiger partial charge >= 0.3 is 11.9 Å². The van der Waals surface area contributed by atoms with Gasteiger partial charge < -0.3 is 19.1 Å². The van der Waals surface area contributed by atoms with Gasteiger partial charge in [0.05, 0.1) is 6.61 Å². The van der Waals surface area contributed by atoms with Gasteiger partial charge in [-0.2, -0.15) is 0 Å². The van der Waals surface area contributed by atoms with Crippen LogP contribution in [0.2, 0.25) is 0 Å². The number of cyclic esters (lactones) is 2. The van der Waals surface area contributed by atoms with Crippen LogP contribution in [0.1, 0.15) is 90.5 Å². The number of fused-ring (bicyclic) bond motifs is 3. The lowest BCUT2D eigenvalue weighted by atomic mass is 9.90. The van der Waals surface area contributed by atoms with Crippen molar-refractivity contribution in [2.75, 3.05) is 13.2 Å². The van der Waals surface area contributed by atoms with E-state index in [0.29, 0.717) is 56.9 Å². The highest BCUT2D eigenvalue weighted by atomic mass is 16.6. The molecule has 3 aliphatic rings. The van der Waals surface area contributed by atoms with Gasteiger partial charge in [0.15, 0.2) is 11.9 Å². The summed E-state index contributed by atoms with van der Waals surface area (Å²) in [5.41, 5.74) is 0.155. The number of aromatic nitrogens is 1. The Hall–Kier alpha value is -3.66. The molecule has 3 unspecified atom stereocenters. The summed E-state index contributed by atoms with van der Waals surface area (Å²) < 4.78 is 17.5. The molecule has 0 aliphatic carbocycles. The number of amides is 1. The lowest BCUT2D eigenvalue weighted by molar-refractivity contribution is -0.171. The van der Waals surface area contributed by atoms with Crippen molar-refractivity contribution in [3.63, 3.8) is 0 Å². The van der Waals surface area contributed by atoms with E-state index in [1.54, 1.807) is 18.5 Å². The summed E-state index contributed by atoms with van der Waals surface area (Å²) in [4.78, 5) is 72.7. The van der Waals surface area contributed by atoms with E-state index in [1.807, 2.05) is 32.1 Å². The molecule has 250 valence electrons. The average Bonchev–Trinajstić information content (AvgIpc) is 3.47. The molecular weight excluding hydrogens is 588 g/mol. The summed E-state index contributed by atoms with van der Waals surface area (Å²) in [7, 11) is 0. The zero-order valence-electron chi connectivity index (χ0n) is 27.4. The first-order valence-corrected chi connectivity index (χ1v) is 16.7. The summed E-state index contributed by atoms with van der Waals surface area (Å²) >= 11 is 0. The number of pyridine rings is 1. The normalized spacial score (nSPS) is 30.8. The molecule has 4 rings (SSSR count). The number of rotatable bonds is 5. The van der Waals surface area contributed by atoms with Crippen LogP contribution in [0.3, 0.4) is 0 Å². The third-order valence-electron chi connectivity index (χ3n) is 9.45. The van der Waals surface area contributed by atoms with Crippen molar-refractivity contribution in [1.82, 2.24) is 9.88 Å². The van der Waals surface area contributed by atoms with E-state index in [2.05, 4.69) is 11.6 Å². The number of ketones is 2. The van der Waals surface area contributed by atoms with Crippen molar-refractivity contribution in [2.24, 2.45) is 11.8 Å². The standard InChI is InChI=1S/C36H48N2O8/c1-5-9-27-22-24(2)17-21-44-35(43)31-16-18-36(4,46-31)32(40)33(41)38-20-7-6-11-28(38)34(42)45-30(25(3)12-14-29(27)39)15-13-26-10-8-19-37-23-26/h5,8,10,19,22-25,28,30-31H,1,6-7,9,11-18,20-21H2,2-4H3/t24?,25?,28-,30+,31?,36+/m0/s1. The maximum Gasteiger partial charge on any atom is 0.335 e. The monoisotopic (exact) mass is 636 g/mol. The van der Waals surface area contributed by atoms with Gasteiger partial charge in [-0.05, 0) is 100 Å². The van der Waals surface area contributed by atoms with Gasteiger partial charge in [0.1, 0.15) is 17.7 Å². The second kappa shape index (κ2) is 16.3. The van der Waals surface area contributed by atoms with Crippen molar-refractivity contribution in [3.8, 4) is 0 Å². The molecule has 1 aromatic heterocycles. The van der Waals surface area contributed by atoms with E-state index in [9.17, 15) is 24.0 Å². The highest BCUT2D eigenvalue weighted by molar-refractivity contribution is 6.39. The molecule has 0 spiro atoms. The second-order valence-electron chi connectivity index (χ2n) is 13.1. The molecule has 0 saturated carbocycles. The fourth-order valence-corrected chi connectivity index (χ4v) is 6.49. The highest BCUT2D eigenvalue weighted by Crippen LogP contribution is 2.33. The zero-order chi connectivity index (χ0) is 33.3. The van der Waals surface area contributed by atoms with E-state index in [-0.39, 0.29) is 50.0 Å². The number of piperidine rings is 1. The van der Waals surface area contributed by atoms with Gasteiger partial charge in [0.2, 0.25) is 0 Å². The SMILES string of the molecule is C=CCC1=CC(C)CCOC(=O)C2CC[C@@](C)(O2)C(=O)C(=O)N2CCCC[C@H]2C(=O)O[C@H](CCc2cccnc2)C(C)CCC1=O. The molecule has 4 heterocycles. The van der Waals surface area contributed by atoms with Gasteiger partial charge in [-0.3, -0.25) is 19.4 Å². The number of hydrogen-bond acceptors (Lipinski definition) is 9. The smallest absolute Gasteiger partial charge is 0.335 e. The molecule has 10 nitrogen and oxygen atoms in total. The Morgan fingerprint density at radius 1 is 1.07 bits per heavy atom. The van der Waals surface area contributed by atoms with Crippen molar-refractivity contribution in [3.05, 3.63) is 54.4 Å². The van der Waals surface area contributed by atoms with E-state index in [1.165, 1.54) is 11.8 Å². The summed E-state index contributed by atoms with van der Waals surface area (Å²) in [5, 5.41) is 0. The Labute approximate surface area is 271 Å². The van der Waals surface area contributed by atoms with Gasteiger partial charge in [-0.25, -0.2) is 9.59 Å². The number of hydrogen-bond donors (Lipinski definition) is 0. The fourth-order valence-electron chi connectivity index (χ4n) is 6.49. The first kappa shape index (κ1) is 35.2. The fraction of sp³-hybridized carbons (Fsp3) is 0.611. The van der Waals surface area contributed by atoms with Crippen LogP contribution in [0.4, 0.5) is 0 Å². The molecule has 0 N–H and O–H groups in total. The average molecular weight is 637 g/mol. The Morgan fingerprint density at radius 3 is 2.61 bits per heavy atom. The van der Waals surface area contributed by atoms with Gasteiger partial charge in [-0.1, -0.05) is 32.1 Å². The second-order valence-corrected chi connectivity index (χ2v) is 13.1. The molecule has 1 aromatic rings. The Balaban J connectivity index is 1.61. The quantitative estimate of drug-likeness (QED) is 0.252. The van der Waals surface area contributed by atoms with E-state index in [0.717, 1.165) is 5.56 Å². The van der Waals surface area contributed by atoms with Crippen LogP contribution < -0.4 is 0 Å². The maximum absolute atomic E-state index is 13.8. The number of esters is 2. The van der Waals surface area contributed by atoms with Crippen LogP contribution in [0, 0.1) is 11.8 Å². The lowest BCUT2D eigenvalue weighted by Crippen LogP contribution is -2.55. The molecule has 2 saturated heterocycles. The van der Waals surface area contributed by atoms with Gasteiger partial charge in [0.25, 0.3) is 11.7 Å². The Kier molecular flexibility index (Phi) is 12.4. The number of aryl methyl sites for hydroxylation is 1. The Bertz CT molecular complexity index is 1310. The summed E-state index contributed by atoms with van der Waals surface area (Å²) in [5.74, 6) is -2.91. The molecule has 6 atom stereocenters. The van der Waals surface area contributed by atoms with E-state index in [4.69, 9.17) is 14.2 Å². The number of carbonyl (C=O) groups excluding carboxylic acids is 5. The largest absolute Gasteiger partial charge is 0.464 e. The molecule has 2 bridgehead atoms. The van der Waals surface area contributed by atoms with Crippen LogP contribution in [0.15, 0.2) is 48.8 Å². The molecule has 0 radical (unpaired) electrons. The van der Waals surface area contributed by atoms with Crippen LogP contribution in [0.25, 0.3) is 0 Å². The van der Waals surface area contributed by atoms with E-state index >= 15 is 0 Å². The molecule has 10 heteroatoms. The molecule has 46 heavy (non-hydrogen) atoms. The van der Waals surface area contributed by atoms with E-state index < -0.39 is 47.5 Å². The van der Waals surface area contributed by atoms with Gasteiger partial charge in [0, 0.05) is 25.4 Å². The maximum atomic E-state index is 13.8. The summed E-state index contributed by atoms with van der Waals surface area (Å²) in [6, 6.07) is 2.91. The topological polar surface area (TPSA) is 129 Å².